The van der Waals surface area contributed by atoms with Crippen molar-refractivity contribution < 1.29 is 18.1 Å². The van der Waals surface area contributed by atoms with Crippen LogP contribution in [0, 0.1) is 0 Å². The average Bonchev–Trinajstić information content (AvgIpc) is 2.74. The van der Waals surface area contributed by atoms with Crippen LogP contribution in [0.1, 0.15) is 119 Å². The van der Waals surface area contributed by atoms with Gasteiger partial charge in [-0.05, 0) is 74.5 Å². The number of phosphoric ester groups is 1. The summed E-state index contributed by atoms with van der Waals surface area (Å²) in [6.45, 7) is 12.7. The van der Waals surface area contributed by atoms with Crippen molar-refractivity contribution in [3.63, 3.8) is 0 Å². The van der Waals surface area contributed by atoms with E-state index >= 15 is 0 Å². The molecule has 4 nitrogen and oxygen atoms in total. The van der Waals surface area contributed by atoms with Gasteiger partial charge in [-0.2, -0.15) is 4.57 Å². The molecule has 0 spiro atoms. The van der Waals surface area contributed by atoms with Crippen molar-refractivity contribution >= 4 is 7.82 Å². The van der Waals surface area contributed by atoms with Crippen LogP contribution in [0.3, 0.4) is 0 Å². The Bertz CT molecular complexity index is 473. The number of hydrogen-bond donors (Lipinski definition) is 0. The Hall–Kier alpha value is -1.15. The predicted molar refractivity (Wildman–Crippen MR) is 125 cm³/mol. The zero-order valence-electron chi connectivity index (χ0n) is 19.8. The van der Waals surface area contributed by atoms with E-state index in [9.17, 15) is 4.57 Å². The molecule has 0 atom stereocenters. The van der Waals surface area contributed by atoms with Gasteiger partial charge >= 0.3 is 7.82 Å². The lowest BCUT2D eigenvalue weighted by Crippen LogP contribution is -1.94. The summed E-state index contributed by atoms with van der Waals surface area (Å²) in [6.07, 6.45) is 16.8. The molecule has 0 N–H and O–H groups in total. The molecule has 0 aromatic heterocycles. The maximum absolute atomic E-state index is 13.3. The van der Waals surface area contributed by atoms with Crippen molar-refractivity contribution in [1.82, 2.24) is 0 Å². The summed E-state index contributed by atoms with van der Waals surface area (Å²) < 4.78 is 30.2. The minimum Gasteiger partial charge on any atom is -0.394 e. The summed E-state index contributed by atoms with van der Waals surface area (Å²) in [5.41, 5.74) is 3.36. The minimum atomic E-state index is -3.75. The first-order chi connectivity index (χ1) is 14.0. The molecule has 0 fully saturated rings. The van der Waals surface area contributed by atoms with E-state index in [4.69, 9.17) is 13.6 Å². The lowest BCUT2D eigenvalue weighted by molar-refractivity contribution is 0.226. The van der Waals surface area contributed by atoms with Gasteiger partial charge in [0.2, 0.25) is 0 Å². The van der Waals surface area contributed by atoms with Gasteiger partial charge in [-0.25, -0.2) is 0 Å². The summed E-state index contributed by atoms with van der Waals surface area (Å²) in [7, 11) is -3.75. The van der Waals surface area contributed by atoms with Crippen LogP contribution in [0.2, 0.25) is 0 Å². The van der Waals surface area contributed by atoms with Crippen LogP contribution in [-0.2, 0) is 18.1 Å². The summed E-state index contributed by atoms with van der Waals surface area (Å²) >= 11 is 0. The highest BCUT2D eigenvalue weighted by Gasteiger charge is 2.28. The van der Waals surface area contributed by atoms with Gasteiger partial charge in [0.25, 0.3) is 0 Å². The molecule has 0 rings (SSSR count). The third-order valence-corrected chi connectivity index (χ3v) is 6.05. The van der Waals surface area contributed by atoms with Crippen LogP contribution in [0.15, 0.2) is 35.5 Å². The van der Waals surface area contributed by atoms with Gasteiger partial charge in [0.05, 0.1) is 18.8 Å². The molecule has 0 aliphatic heterocycles. The molecule has 0 bridgehead atoms. The van der Waals surface area contributed by atoms with Gasteiger partial charge in [0.15, 0.2) is 0 Å². The Morgan fingerprint density at radius 1 is 0.586 bits per heavy atom. The quantitative estimate of drug-likeness (QED) is 0.161. The molecular formula is C24H45O4P. The monoisotopic (exact) mass is 428 g/mol. The Morgan fingerprint density at radius 3 is 1.07 bits per heavy atom. The zero-order valence-corrected chi connectivity index (χ0v) is 20.7. The summed E-state index contributed by atoms with van der Waals surface area (Å²) in [5, 5.41) is 0. The maximum Gasteiger partial charge on any atom is 0.645 e. The predicted octanol–water partition coefficient (Wildman–Crippen LogP) is 9.60. The Balaban J connectivity index is 5.42. The molecule has 0 aromatic carbocycles. The van der Waals surface area contributed by atoms with Gasteiger partial charge in [0.1, 0.15) is 0 Å². The second kappa shape index (κ2) is 17.7. The van der Waals surface area contributed by atoms with E-state index in [1.807, 2.05) is 0 Å². The highest BCUT2D eigenvalue weighted by Crippen LogP contribution is 2.51. The van der Waals surface area contributed by atoms with Crippen molar-refractivity contribution in [3.05, 3.63) is 35.5 Å². The first kappa shape index (κ1) is 27.8. The molecule has 5 heteroatoms. The fourth-order valence-corrected chi connectivity index (χ4v) is 3.64. The SMILES string of the molecule is CCCCC(=COP(=O)(OC=C(CC)CCCC)OC=C(CC)CCCC)CC. The first-order valence-electron chi connectivity index (χ1n) is 11.7. The van der Waals surface area contributed by atoms with E-state index in [-0.39, 0.29) is 0 Å². The average molecular weight is 429 g/mol. The molecule has 29 heavy (non-hydrogen) atoms. The second-order valence-electron chi connectivity index (χ2n) is 7.46. The van der Waals surface area contributed by atoms with Crippen molar-refractivity contribution in [3.8, 4) is 0 Å². The highest BCUT2D eigenvalue weighted by molar-refractivity contribution is 7.48. The highest BCUT2D eigenvalue weighted by atomic mass is 31.2. The normalized spacial score (nSPS) is 15.2. The third-order valence-electron chi connectivity index (χ3n) is 4.96. The van der Waals surface area contributed by atoms with Crippen LogP contribution >= 0.6 is 7.82 Å². The molecule has 0 heterocycles. The summed E-state index contributed by atoms with van der Waals surface area (Å²) in [4.78, 5) is 0. The zero-order chi connectivity index (χ0) is 22.0. The summed E-state index contributed by atoms with van der Waals surface area (Å²) in [6, 6.07) is 0. The number of unbranched alkanes of at least 4 members (excludes halogenated alkanes) is 3. The topological polar surface area (TPSA) is 44.8 Å². The smallest absolute Gasteiger partial charge is 0.394 e. The maximum atomic E-state index is 13.3. The first-order valence-corrected chi connectivity index (χ1v) is 13.1. The van der Waals surface area contributed by atoms with E-state index in [0.717, 1.165) is 93.8 Å². The Morgan fingerprint density at radius 2 is 0.862 bits per heavy atom. The van der Waals surface area contributed by atoms with Gasteiger partial charge in [-0.3, -0.25) is 0 Å². The van der Waals surface area contributed by atoms with E-state index in [2.05, 4.69) is 41.5 Å². The molecule has 0 saturated heterocycles. The van der Waals surface area contributed by atoms with Crippen LogP contribution in [0.4, 0.5) is 0 Å². The van der Waals surface area contributed by atoms with Crippen LogP contribution < -0.4 is 0 Å². The lowest BCUT2D eigenvalue weighted by Gasteiger charge is -2.16. The van der Waals surface area contributed by atoms with Crippen molar-refractivity contribution in [2.75, 3.05) is 0 Å². The number of hydrogen-bond acceptors (Lipinski definition) is 4. The van der Waals surface area contributed by atoms with Gasteiger partial charge in [-0.1, -0.05) is 60.8 Å². The molecule has 0 aliphatic carbocycles. The van der Waals surface area contributed by atoms with Crippen molar-refractivity contribution in [2.24, 2.45) is 0 Å². The van der Waals surface area contributed by atoms with Gasteiger partial charge in [0, 0.05) is 0 Å². The summed E-state index contributed by atoms with van der Waals surface area (Å²) in [5.74, 6) is 0. The van der Waals surface area contributed by atoms with E-state index in [1.54, 1.807) is 18.8 Å². The number of allylic oxidation sites excluding steroid dienone is 3. The lowest BCUT2D eigenvalue weighted by atomic mass is 10.1. The largest absolute Gasteiger partial charge is 0.645 e. The molecule has 0 unspecified atom stereocenters. The van der Waals surface area contributed by atoms with Crippen molar-refractivity contribution in [2.45, 2.75) is 119 Å². The molecule has 0 saturated carbocycles. The standard InChI is InChI=1S/C24H45O4P/c1-7-13-16-22(10-4)19-26-29(25,27-20-23(11-5)17-14-8-2)28-21-24(12-6)18-15-9-3/h19-21H,7-18H2,1-6H3. The van der Waals surface area contributed by atoms with Gasteiger partial charge < -0.3 is 13.6 Å². The molecule has 0 aliphatic rings. The Labute approximate surface area is 180 Å². The van der Waals surface area contributed by atoms with E-state index < -0.39 is 7.82 Å². The van der Waals surface area contributed by atoms with Gasteiger partial charge in [-0.15, -0.1) is 0 Å². The minimum absolute atomic E-state index is 0.860. The molecule has 0 amide bonds. The molecule has 0 radical (unpaired) electrons. The van der Waals surface area contributed by atoms with Crippen LogP contribution in [0.5, 0.6) is 0 Å². The second-order valence-corrected chi connectivity index (χ2v) is 8.99. The van der Waals surface area contributed by atoms with Crippen LogP contribution in [-0.4, -0.2) is 0 Å². The molecule has 170 valence electrons. The molecule has 0 aromatic rings. The Kier molecular flexibility index (Phi) is 17.0. The number of rotatable bonds is 18. The van der Waals surface area contributed by atoms with Crippen LogP contribution in [0.25, 0.3) is 0 Å². The van der Waals surface area contributed by atoms with E-state index in [1.165, 1.54) is 0 Å². The molecular weight excluding hydrogens is 383 g/mol. The number of phosphoric acid groups is 1. The fourth-order valence-electron chi connectivity index (χ4n) is 2.66. The van der Waals surface area contributed by atoms with Crippen molar-refractivity contribution in [1.29, 1.82) is 0 Å². The third kappa shape index (κ3) is 13.7. The van der Waals surface area contributed by atoms with E-state index in [0.29, 0.717) is 0 Å². The fraction of sp³-hybridized carbons (Fsp3) is 0.750.